The Bertz CT molecular complexity index is 954. The third-order valence-corrected chi connectivity index (χ3v) is 4.36. The summed E-state index contributed by atoms with van der Waals surface area (Å²) in [7, 11) is 0. The summed E-state index contributed by atoms with van der Waals surface area (Å²) in [6.07, 6.45) is -0.160. The molecule has 1 atom stereocenters. The molecule has 2 aromatic rings. The van der Waals surface area contributed by atoms with Crippen molar-refractivity contribution in [3.8, 4) is 0 Å². The highest BCUT2D eigenvalue weighted by molar-refractivity contribution is 6.30. The van der Waals surface area contributed by atoms with Crippen LogP contribution in [0.5, 0.6) is 0 Å². The van der Waals surface area contributed by atoms with Crippen LogP contribution in [0.3, 0.4) is 0 Å². The summed E-state index contributed by atoms with van der Waals surface area (Å²) in [4.78, 5) is 35.7. The number of nitro benzene ring substituents is 1. The second kappa shape index (κ2) is 7.28. The topological polar surface area (TPSA) is 92.6 Å². The third-order valence-electron chi connectivity index (χ3n) is 4.12. The van der Waals surface area contributed by atoms with Crippen molar-refractivity contribution in [3.63, 3.8) is 0 Å². The van der Waals surface area contributed by atoms with Crippen molar-refractivity contribution in [2.45, 2.75) is 6.42 Å². The Labute approximate surface area is 156 Å². The number of nitrogens with one attached hydrogen (secondary N) is 1. The van der Waals surface area contributed by atoms with E-state index in [1.165, 1.54) is 18.2 Å². The molecule has 27 heavy (non-hydrogen) atoms. The lowest BCUT2D eigenvalue weighted by atomic mass is 10.1. The van der Waals surface area contributed by atoms with Gasteiger partial charge >= 0.3 is 5.69 Å². The molecule has 0 saturated carbocycles. The van der Waals surface area contributed by atoms with Crippen LogP contribution in [0.1, 0.15) is 6.42 Å². The molecule has 2 aromatic carbocycles. The second-order valence-corrected chi connectivity index (χ2v) is 6.35. The van der Waals surface area contributed by atoms with Gasteiger partial charge in [0.15, 0.2) is 0 Å². The zero-order valence-electron chi connectivity index (χ0n) is 13.6. The molecule has 1 aliphatic heterocycles. The van der Waals surface area contributed by atoms with Gasteiger partial charge in [0.2, 0.25) is 17.6 Å². The Morgan fingerprint density at radius 1 is 1.22 bits per heavy atom. The maximum absolute atomic E-state index is 13.8. The highest BCUT2D eigenvalue weighted by Gasteiger charge is 2.36. The Morgan fingerprint density at radius 3 is 2.63 bits per heavy atom. The molecule has 0 aliphatic carbocycles. The zero-order valence-corrected chi connectivity index (χ0v) is 14.4. The Hall–Kier alpha value is -3.07. The lowest BCUT2D eigenvalue weighted by Crippen LogP contribution is -2.28. The molecule has 0 radical (unpaired) electrons. The van der Waals surface area contributed by atoms with Gasteiger partial charge in [0.1, 0.15) is 5.82 Å². The standard InChI is InChI=1S/C17H12ClF2N3O4/c18-10-1-4-14(13(20)6-10)21-17(25)9-5-16(24)22(8-9)11-2-3-12(19)15(7-11)23(26)27/h1-4,6-7,9H,5,8H2,(H,21,25). The highest BCUT2D eigenvalue weighted by atomic mass is 35.5. The quantitative estimate of drug-likeness (QED) is 0.633. The molecule has 2 amide bonds. The van der Waals surface area contributed by atoms with Crippen LogP contribution in [-0.4, -0.2) is 23.3 Å². The van der Waals surface area contributed by atoms with Crippen LogP contribution >= 0.6 is 11.6 Å². The average Bonchev–Trinajstić information content (AvgIpc) is 2.99. The molecule has 0 aromatic heterocycles. The van der Waals surface area contributed by atoms with Gasteiger partial charge in [-0.1, -0.05) is 11.6 Å². The summed E-state index contributed by atoms with van der Waals surface area (Å²) in [5.41, 5.74) is -0.731. The van der Waals surface area contributed by atoms with Crippen LogP contribution in [0.4, 0.5) is 25.8 Å². The molecule has 0 bridgehead atoms. The van der Waals surface area contributed by atoms with Gasteiger partial charge in [-0.25, -0.2) is 4.39 Å². The smallest absolute Gasteiger partial charge is 0.306 e. The van der Waals surface area contributed by atoms with Gasteiger partial charge in [-0.15, -0.1) is 0 Å². The number of benzene rings is 2. The minimum absolute atomic E-state index is 0.0668. The summed E-state index contributed by atoms with van der Waals surface area (Å²) in [6.45, 7) is -0.0668. The Balaban J connectivity index is 1.76. The number of anilines is 2. The van der Waals surface area contributed by atoms with E-state index in [2.05, 4.69) is 5.32 Å². The van der Waals surface area contributed by atoms with Gasteiger partial charge in [-0.05, 0) is 30.3 Å². The van der Waals surface area contributed by atoms with E-state index in [1.54, 1.807) is 0 Å². The lowest BCUT2D eigenvalue weighted by molar-refractivity contribution is -0.387. The number of nitrogens with zero attached hydrogens (tertiary/aromatic N) is 2. The first kappa shape index (κ1) is 18.7. The molecule has 1 saturated heterocycles. The van der Waals surface area contributed by atoms with Gasteiger partial charge < -0.3 is 10.2 Å². The fraction of sp³-hybridized carbons (Fsp3) is 0.176. The van der Waals surface area contributed by atoms with Crippen molar-refractivity contribution in [2.75, 3.05) is 16.8 Å². The van der Waals surface area contributed by atoms with Crippen molar-refractivity contribution >= 4 is 40.5 Å². The number of carbonyl (C=O) groups excluding carboxylic acids is 2. The van der Waals surface area contributed by atoms with Crippen LogP contribution in [0.2, 0.25) is 5.02 Å². The van der Waals surface area contributed by atoms with E-state index in [-0.39, 0.29) is 29.4 Å². The first-order valence-electron chi connectivity index (χ1n) is 7.76. The SMILES string of the molecule is O=C(Nc1ccc(Cl)cc1F)C1CC(=O)N(c2ccc(F)c([N+](=O)[O-])c2)C1. The van der Waals surface area contributed by atoms with E-state index < -0.39 is 40.0 Å². The maximum atomic E-state index is 13.8. The molecule has 10 heteroatoms. The molecule has 1 heterocycles. The van der Waals surface area contributed by atoms with E-state index in [4.69, 9.17) is 11.6 Å². The molecule has 3 rings (SSSR count). The van der Waals surface area contributed by atoms with Crippen LogP contribution in [0, 0.1) is 27.7 Å². The van der Waals surface area contributed by atoms with Crippen LogP contribution < -0.4 is 10.2 Å². The molecule has 1 fully saturated rings. The number of rotatable bonds is 4. The molecule has 140 valence electrons. The second-order valence-electron chi connectivity index (χ2n) is 5.91. The first-order valence-corrected chi connectivity index (χ1v) is 8.14. The van der Waals surface area contributed by atoms with Gasteiger partial charge in [0.05, 0.1) is 22.2 Å². The average molecular weight is 396 g/mol. The van der Waals surface area contributed by atoms with Crippen molar-refractivity contribution in [1.29, 1.82) is 0 Å². The fourth-order valence-corrected chi connectivity index (χ4v) is 2.93. The van der Waals surface area contributed by atoms with E-state index in [0.29, 0.717) is 0 Å². The number of halogens is 3. The molecule has 0 spiro atoms. The Morgan fingerprint density at radius 2 is 1.96 bits per heavy atom. The van der Waals surface area contributed by atoms with E-state index >= 15 is 0 Å². The highest BCUT2D eigenvalue weighted by Crippen LogP contribution is 2.30. The Kier molecular flexibility index (Phi) is 5.04. The van der Waals surface area contributed by atoms with E-state index in [9.17, 15) is 28.5 Å². The van der Waals surface area contributed by atoms with E-state index in [0.717, 1.165) is 23.1 Å². The molecular weight excluding hydrogens is 384 g/mol. The molecule has 1 N–H and O–H groups in total. The zero-order chi connectivity index (χ0) is 19.7. The molecular formula is C17H12ClF2N3O4. The monoisotopic (exact) mass is 395 g/mol. The minimum Gasteiger partial charge on any atom is -0.323 e. The van der Waals surface area contributed by atoms with Crippen molar-refractivity contribution < 1.29 is 23.3 Å². The predicted octanol–water partition coefficient (Wildman–Crippen LogP) is 3.52. The number of nitro groups is 1. The predicted molar refractivity (Wildman–Crippen MR) is 93.6 cm³/mol. The molecule has 1 unspecified atom stereocenters. The van der Waals surface area contributed by atoms with E-state index in [1.807, 2.05) is 0 Å². The maximum Gasteiger partial charge on any atom is 0.306 e. The van der Waals surface area contributed by atoms with Crippen molar-refractivity contribution in [2.24, 2.45) is 5.92 Å². The molecule has 1 aliphatic rings. The van der Waals surface area contributed by atoms with Crippen molar-refractivity contribution in [3.05, 3.63) is 63.2 Å². The normalized spacial score (nSPS) is 16.5. The summed E-state index contributed by atoms with van der Waals surface area (Å²) in [6, 6.07) is 6.79. The lowest BCUT2D eigenvalue weighted by Gasteiger charge is -2.16. The van der Waals surface area contributed by atoms with Gasteiger partial charge in [-0.3, -0.25) is 19.7 Å². The first-order chi connectivity index (χ1) is 12.8. The summed E-state index contributed by atoms with van der Waals surface area (Å²) in [5.74, 6) is -3.57. The van der Waals surface area contributed by atoms with Crippen LogP contribution in [0.25, 0.3) is 0 Å². The summed E-state index contributed by atoms with van der Waals surface area (Å²) >= 11 is 5.65. The van der Waals surface area contributed by atoms with Crippen LogP contribution in [0.15, 0.2) is 36.4 Å². The minimum atomic E-state index is -1.03. The van der Waals surface area contributed by atoms with Gasteiger partial charge in [0, 0.05) is 24.1 Å². The summed E-state index contributed by atoms with van der Waals surface area (Å²) < 4.78 is 27.3. The summed E-state index contributed by atoms with van der Waals surface area (Å²) in [5, 5.41) is 13.4. The number of carbonyl (C=O) groups is 2. The number of amides is 2. The fourth-order valence-electron chi connectivity index (χ4n) is 2.77. The number of hydrogen-bond donors (Lipinski definition) is 1. The van der Waals surface area contributed by atoms with Gasteiger partial charge in [0.25, 0.3) is 0 Å². The molecule has 7 nitrogen and oxygen atoms in total. The third kappa shape index (κ3) is 3.87. The van der Waals surface area contributed by atoms with Crippen molar-refractivity contribution in [1.82, 2.24) is 0 Å². The van der Waals surface area contributed by atoms with Gasteiger partial charge in [-0.2, -0.15) is 4.39 Å². The largest absolute Gasteiger partial charge is 0.323 e. The number of hydrogen-bond acceptors (Lipinski definition) is 4. The van der Waals surface area contributed by atoms with Crippen LogP contribution in [-0.2, 0) is 9.59 Å².